The van der Waals surface area contributed by atoms with Crippen molar-refractivity contribution in [3.05, 3.63) is 59.7 Å². The number of carbonyl (C=O) groups excluding carboxylic acids is 1. The Morgan fingerprint density at radius 2 is 2.19 bits per heavy atom. The van der Waals surface area contributed by atoms with Crippen LogP contribution in [0.25, 0.3) is 11.0 Å². The number of benzene rings is 1. The molecule has 0 bridgehead atoms. The van der Waals surface area contributed by atoms with Gasteiger partial charge in [-0.25, -0.2) is 9.37 Å². The number of H-pyrrole nitrogens is 1. The molecule has 2 heterocycles. The van der Waals surface area contributed by atoms with E-state index < -0.39 is 11.7 Å². The van der Waals surface area contributed by atoms with Gasteiger partial charge in [0.05, 0.1) is 17.3 Å². The number of hydrogen-bond donors (Lipinski definition) is 2. The van der Waals surface area contributed by atoms with Crippen molar-refractivity contribution < 1.29 is 9.18 Å². The molecule has 0 saturated carbocycles. The minimum absolute atomic E-state index is 0.0191. The third-order valence-corrected chi connectivity index (χ3v) is 2.98. The molecule has 0 spiro atoms. The van der Waals surface area contributed by atoms with E-state index in [1.54, 1.807) is 18.3 Å². The number of anilines is 1. The molecule has 0 fully saturated rings. The van der Waals surface area contributed by atoms with E-state index in [9.17, 15) is 9.18 Å². The van der Waals surface area contributed by atoms with E-state index in [-0.39, 0.29) is 16.9 Å². The number of nitriles is 1. The zero-order chi connectivity index (χ0) is 14.8. The SMILES string of the molecule is N#Cc1ccc(NC(=O)c2cc3cccnc3[nH]2)c(F)c1. The normalized spacial score (nSPS) is 10.3. The fourth-order valence-electron chi connectivity index (χ4n) is 1.96. The average molecular weight is 280 g/mol. The van der Waals surface area contributed by atoms with Gasteiger partial charge >= 0.3 is 0 Å². The molecule has 3 aromatic rings. The second-order valence-corrected chi connectivity index (χ2v) is 4.38. The number of hydrogen-bond acceptors (Lipinski definition) is 3. The molecule has 0 unspecified atom stereocenters. The quantitative estimate of drug-likeness (QED) is 0.757. The highest BCUT2D eigenvalue weighted by atomic mass is 19.1. The highest BCUT2D eigenvalue weighted by Crippen LogP contribution is 2.18. The van der Waals surface area contributed by atoms with E-state index in [1.165, 1.54) is 12.1 Å². The lowest BCUT2D eigenvalue weighted by atomic mass is 10.2. The van der Waals surface area contributed by atoms with Crippen molar-refractivity contribution >= 4 is 22.6 Å². The maximum absolute atomic E-state index is 13.7. The number of nitrogens with zero attached hydrogens (tertiary/aromatic N) is 2. The van der Waals surface area contributed by atoms with Crippen molar-refractivity contribution in [2.45, 2.75) is 0 Å². The van der Waals surface area contributed by atoms with Crippen molar-refractivity contribution in [1.29, 1.82) is 5.26 Å². The Morgan fingerprint density at radius 3 is 2.90 bits per heavy atom. The number of rotatable bonds is 2. The van der Waals surface area contributed by atoms with Crippen molar-refractivity contribution in [2.24, 2.45) is 0 Å². The Labute approximate surface area is 119 Å². The first-order valence-corrected chi connectivity index (χ1v) is 6.12. The number of nitrogens with one attached hydrogen (secondary N) is 2. The summed E-state index contributed by atoms with van der Waals surface area (Å²) in [5, 5.41) is 11.9. The molecule has 0 aliphatic rings. The molecule has 3 rings (SSSR count). The summed E-state index contributed by atoms with van der Waals surface area (Å²) in [5.74, 6) is -1.13. The number of amides is 1. The van der Waals surface area contributed by atoms with Crippen LogP contribution < -0.4 is 5.32 Å². The lowest BCUT2D eigenvalue weighted by Gasteiger charge is -2.05. The molecule has 5 nitrogen and oxygen atoms in total. The Kier molecular flexibility index (Phi) is 3.09. The average Bonchev–Trinajstić information content (AvgIpc) is 2.93. The molecule has 21 heavy (non-hydrogen) atoms. The predicted octanol–water partition coefficient (Wildman–Crippen LogP) is 2.83. The van der Waals surface area contributed by atoms with Crippen LogP contribution in [0.15, 0.2) is 42.6 Å². The minimum Gasteiger partial charge on any atom is -0.335 e. The molecule has 0 aliphatic heterocycles. The van der Waals surface area contributed by atoms with Crippen LogP contribution in [0.3, 0.4) is 0 Å². The molecular weight excluding hydrogens is 271 g/mol. The number of halogens is 1. The molecule has 1 amide bonds. The Morgan fingerprint density at radius 1 is 1.33 bits per heavy atom. The van der Waals surface area contributed by atoms with Gasteiger partial charge in [0.25, 0.3) is 5.91 Å². The smallest absolute Gasteiger partial charge is 0.272 e. The van der Waals surface area contributed by atoms with Crippen LogP contribution in [0.2, 0.25) is 0 Å². The Hall–Kier alpha value is -3.20. The van der Waals surface area contributed by atoms with Gasteiger partial charge in [-0.2, -0.15) is 5.26 Å². The second-order valence-electron chi connectivity index (χ2n) is 4.38. The fraction of sp³-hybridized carbons (Fsp3) is 0. The summed E-state index contributed by atoms with van der Waals surface area (Å²) in [4.78, 5) is 19.0. The van der Waals surface area contributed by atoms with Crippen molar-refractivity contribution in [3.63, 3.8) is 0 Å². The number of aromatic nitrogens is 2. The number of pyridine rings is 1. The van der Waals surface area contributed by atoms with E-state index >= 15 is 0 Å². The molecule has 1 aromatic carbocycles. The molecule has 0 saturated heterocycles. The summed E-state index contributed by atoms with van der Waals surface area (Å²) < 4.78 is 13.7. The van der Waals surface area contributed by atoms with Gasteiger partial charge in [-0.3, -0.25) is 4.79 Å². The number of carbonyl (C=O) groups is 1. The second kappa shape index (κ2) is 5.06. The van der Waals surface area contributed by atoms with Gasteiger partial charge in [0.2, 0.25) is 0 Å². The zero-order valence-electron chi connectivity index (χ0n) is 10.7. The van der Waals surface area contributed by atoms with E-state index in [1.807, 2.05) is 12.1 Å². The van der Waals surface area contributed by atoms with E-state index in [0.717, 1.165) is 11.5 Å². The summed E-state index contributed by atoms with van der Waals surface area (Å²) in [5.41, 5.74) is 1.08. The monoisotopic (exact) mass is 280 g/mol. The zero-order valence-corrected chi connectivity index (χ0v) is 10.7. The fourth-order valence-corrected chi connectivity index (χ4v) is 1.96. The Balaban J connectivity index is 1.88. The lowest BCUT2D eigenvalue weighted by Crippen LogP contribution is -2.13. The van der Waals surface area contributed by atoms with Crippen LogP contribution >= 0.6 is 0 Å². The van der Waals surface area contributed by atoms with Gasteiger partial charge in [-0.05, 0) is 36.4 Å². The number of fused-ring (bicyclic) bond motifs is 1. The molecule has 0 radical (unpaired) electrons. The lowest BCUT2D eigenvalue weighted by molar-refractivity contribution is 0.102. The highest BCUT2D eigenvalue weighted by Gasteiger charge is 2.12. The number of aromatic amines is 1. The predicted molar refractivity (Wildman–Crippen MR) is 75.2 cm³/mol. The molecular formula is C15H9FN4O. The van der Waals surface area contributed by atoms with Gasteiger partial charge in [-0.1, -0.05) is 0 Å². The van der Waals surface area contributed by atoms with E-state index in [4.69, 9.17) is 5.26 Å². The molecule has 0 atom stereocenters. The summed E-state index contributed by atoms with van der Waals surface area (Å²) >= 11 is 0. The van der Waals surface area contributed by atoms with Crippen LogP contribution in [0.4, 0.5) is 10.1 Å². The summed E-state index contributed by atoms with van der Waals surface area (Å²) in [6, 6.07) is 10.9. The van der Waals surface area contributed by atoms with Gasteiger partial charge in [0.1, 0.15) is 17.2 Å². The molecule has 102 valence electrons. The van der Waals surface area contributed by atoms with Crippen LogP contribution in [0.1, 0.15) is 16.1 Å². The molecule has 2 N–H and O–H groups in total. The topological polar surface area (TPSA) is 81.6 Å². The molecule has 0 aliphatic carbocycles. The summed E-state index contributed by atoms with van der Waals surface area (Å²) in [6.45, 7) is 0. The summed E-state index contributed by atoms with van der Waals surface area (Å²) in [7, 11) is 0. The maximum atomic E-state index is 13.7. The first kappa shape index (κ1) is 12.8. The Bertz CT molecular complexity index is 846. The summed E-state index contributed by atoms with van der Waals surface area (Å²) in [6.07, 6.45) is 1.61. The first-order chi connectivity index (χ1) is 10.2. The van der Waals surface area contributed by atoms with Crippen LogP contribution in [-0.4, -0.2) is 15.9 Å². The van der Waals surface area contributed by atoms with E-state index in [0.29, 0.717) is 5.65 Å². The van der Waals surface area contributed by atoms with Gasteiger partial charge in [0, 0.05) is 11.6 Å². The van der Waals surface area contributed by atoms with Crippen molar-refractivity contribution in [3.8, 4) is 6.07 Å². The standard InChI is InChI=1S/C15H9FN4O/c16-11-6-9(8-17)3-4-12(11)20-15(21)13-7-10-2-1-5-18-14(10)19-13/h1-7H,(H,18,19)(H,20,21). The van der Waals surface area contributed by atoms with Crippen molar-refractivity contribution in [1.82, 2.24) is 9.97 Å². The van der Waals surface area contributed by atoms with Crippen LogP contribution in [0, 0.1) is 17.1 Å². The largest absolute Gasteiger partial charge is 0.335 e. The van der Waals surface area contributed by atoms with Crippen LogP contribution in [-0.2, 0) is 0 Å². The molecule has 6 heteroatoms. The highest BCUT2D eigenvalue weighted by molar-refractivity contribution is 6.05. The van der Waals surface area contributed by atoms with Gasteiger partial charge < -0.3 is 10.3 Å². The minimum atomic E-state index is -0.656. The van der Waals surface area contributed by atoms with E-state index in [2.05, 4.69) is 15.3 Å². The van der Waals surface area contributed by atoms with Crippen molar-refractivity contribution in [2.75, 3.05) is 5.32 Å². The van der Waals surface area contributed by atoms with Gasteiger partial charge in [-0.15, -0.1) is 0 Å². The first-order valence-electron chi connectivity index (χ1n) is 6.12. The van der Waals surface area contributed by atoms with Gasteiger partial charge in [0.15, 0.2) is 0 Å². The van der Waals surface area contributed by atoms with Crippen LogP contribution in [0.5, 0.6) is 0 Å². The third kappa shape index (κ3) is 2.44. The molecule has 2 aromatic heterocycles. The third-order valence-electron chi connectivity index (χ3n) is 2.98. The maximum Gasteiger partial charge on any atom is 0.272 e.